The fourth-order valence-electron chi connectivity index (χ4n) is 0.938. The van der Waals surface area contributed by atoms with Crippen molar-refractivity contribution >= 4 is 31.9 Å². The van der Waals surface area contributed by atoms with E-state index in [0.717, 1.165) is 16.2 Å². The van der Waals surface area contributed by atoms with Crippen LogP contribution in [-0.4, -0.2) is 5.33 Å². The van der Waals surface area contributed by atoms with E-state index in [2.05, 4.69) is 37.9 Å². The van der Waals surface area contributed by atoms with Crippen LogP contribution in [0.15, 0.2) is 22.7 Å². The molecular formula is C9H7Br2N. The van der Waals surface area contributed by atoms with Gasteiger partial charge < -0.3 is 0 Å². The molecule has 0 amide bonds. The number of hydrogen-bond acceptors (Lipinski definition) is 1. The molecule has 0 saturated heterocycles. The van der Waals surface area contributed by atoms with Crippen molar-refractivity contribution < 1.29 is 0 Å². The summed E-state index contributed by atoms with van der Waals surface area (Å²) in [5, 5.41) is 9.56. The third kappa shape index (κ3) is 2.33. The second-order valence-corrected chi connectivity index (χ2v) is 4.00. The van der Waals surface area contributed by atoms with Crippen LogP contribution in [0, 0.1) is 11.3 Å². The summed E-state index contributed by atoms with van der Waals surface area (Å²) >= 11 is 6.79. The fraction of sp³-hybridized carbons (Fsp3) is 0.222. The maximum atomic E-state index is 8.64. The topological polar surface area (TPSA) is 23.8 Å². The molecule has 0 aliphatic carbocycles. The molecule has 0 bridgehead atoms. The van der Waals surface area contributed by atoms with Gasteiger partial charge in [-0.15, -0.1) is 0 Å². The molecule has 0 aliphatic heterocycles. The Bertz CT molecular complexity index is 315. The van der Waals surface area contributed by atoms with Crippen LogP contribution in [0.2, 0.25) is 0 Å². The molecule has 1 rings (SSSR count). The maximum Gasteiger partial charge on any atom is 0.0991 e. The first-order valence-corrected chi connectivity index (χ1v) is 5.44. The number of benzene rings is 1. The molecule has 0 N–H and O–H groups in total. The summed E-state index contributed by atoms with van der Waals surface area (Å²) in [7, 11) is 0. The smallest absolute Gasteiger partial charge is 0.0991 e. The lowest BCUT2D eigenvalue weighted by Gasteiger charge is -2.01. The largest absolute Gasteiger partial charge is 0.192 e. The van der Waals surface area contributed by atoms with Crippen molar-refractivity contribution in [2.75, 3.05) is 5.33 Å². The Hall–Kier alpha value is -0.330. The van der Waals surface area contributed by atoms with E-state index in [4.69, 9.17) is 5.26 Å². The molecule has 1 nitrogen and oxygen atoms in total. The molecule has 0 aromatic heterocycles. The maximum absolute atomic E-state index is 8.64. The van der Waals surface area contributed by atoms with Crippen LogP contribution in [0.1, 0.15) is 11.1 Å². The lowest BCUT2D eigenvalue weighted by Crippen LogP contribution is -1.88. The zero-order chi connectivity index (χ0) is 8.97. The van der Waals surface area contributed by atoms with E-state index >= 15 is 0 Å². The van der Waals surface area contributed by atoms with Gasteiger partial charge in [-0.3, -0.25) is 0 Å². The summed E-state index contributed by atoms with van der Waals surface area (Å²) in [6.45, 7) is 0. The fourth-order valence-corrected chi connectivity index (χ4v) is 1.81. The molecule has 0 aliphatic rings. The SMILES string of the molecule is N#Cc1ccc(Br)c(CCBr)c1. The minimum Gasteiger partial charge on any atom is -0.192 e. The van der Waals surface area contributed by atoms with E-state index < -0.39 is 0 Å². The van der Waals surface area contributed by atoms with Crippen molar-refractivity contribution in [2.45, 2.75) is 6.42 Å². The van der Waals surface area contributed by atoms with Crippen molar-refractivity contribution in [2.24, 2.45) is 0 Å². The molecule has 0 saturated carbocycles. The molecule has 12 heavy (non-hydrogen) atoms. The molecule has 1 aromatic carbocycles. The average molecular weight is 289 g/mol. The number of hydrogen-bond donors (Lipinski definition) is 0. The van der Waals surface area contributed by atoms with Crippen LogP contribution >= 0.6 is 31.9 Å². The Morgan fingerprint density at radius 3 is 2.75 bits per heavy atom. The second kappa shape index (κ2) is 4.64. The molecule has 0 unspecified atom stereocenters. The molecule has 0 radical (unpaired) electrons. The average Bonchev–Trinajstić information content (AvgIpc) is 2.09. The van der Waals surface area contributed by atoms with Crippen molar-refractivity contribution in [3.63, 3.8) is 0 Å². The van der Waals surface area contributed by atoms with Crippen molar-refractivity contribution in [3.8, 4) is 6.07 Å². The standard InChI is InChI=1S/C9H7Br2N/c10-4-3-8-5-7(6-12)1-2-9(8)11/h1-2,5H,3-4H2. The summed E-state index contributed by atoms with van der Waals surface area (Å²) in [5.41, 5.74) is 1.89. The summed E-state index contributed by atoms with van der Waals surface area (Å²) in [4.78, 5) is 0. The number of rotatable bonds is 2. The third-order valence-corrected chi connectivity index (χ3v) is 2.71. The van der Waals surface area contributed by atoms with Gasteiger partial charge in [-0.25, -0.2) is 0 Å². The Labute approximate surface area is 88.7 Å². The Kier molecular flexibility index (Phi) is 3.77. The summed E-state index contributed by atoms with van der Waals surface area (Å²) < 4.78 is 1.07. The second-order valence-electron chi connectivity index (χ2n) is 2.36. The predicted molar refractivity (Wildman–Crippen MR) is 56.4 cm³/mol. The first-order valence-electron chi connectivity index (χ1n) is 3.52. The Morgan fingerprint density at radius 2 is 2.17 bits per heavy atom. The zero-order valence-corrected chi connectivity index (χ0v) is 9.52. The monoisotopic (exact) mass is 287 g/mol. The zero-order valence-electron chi connectivity index (χ0n) is 6.35. The van der Waals surface area contributed by atoms with Crippen molar-refractivity contribution in [3.05, 3.63) is 33.8 Å². The molecular weight excluding hydrogens is 282 g/mol. The highest BCUT2D eigenvalue weighted by Crippen LogP contribution is 2.19. The Balaban J connectivity index is 3.01. The van der Waals surface area contributed by atoms with Crippen LogP contribution in [0.5, 0.6) is 0 Å². The van der Waals surface area contributed by atoms with E-state index in [1.807, 2.05) is 18.2 Å². The van der Waals surface area contributed by atoms with Crippen molar-refractivity contribution in [1.29, 1.82) is 5.26 Å². The lowest BCUT2D eigenvalue weighted by atomic mass is 10.1. The highest BCUT2D eigenvalue weighted by atomic mass is 79.9. The van der Waals surface area contributed by atoms with Crippen molar-refractivity contribution in [1.82, 2.24) is 0 Å². The molecule has 0 fully saturated rings. The van der Waals surface area contributed by atoms with Crippen LogP contribution in [0.25, 0.3) is 0 Å². The van der Waals surface area contributed by atoms with Crippen LogP contribution in [-0.2, 0) is 6.42 Å². The molecule has 62 valence electrons. The van der Waals surface area contributed by atoms with Gasteiger partial charge in [0, 0.05) is 9.80 Å². The van der Waals surface area contributed by atoms with Crippen LogP contribution in [0.3, 0.4) is 0 Å². The summed E-state index contributed by atoms with van der Waals surface area (Å²) in [6, 6.07) is 7.75. The van der Waals surface area contributed by atoms with E-state index in [9.17, 15) is 0 Å². The van der Waals surface area contributed by atoms with Gasteiger partial charge in [0.2, 0.25) is 0 Å². The molecule has 0 spiro atoms. The predicted octanol–water partition coefficient (Wildman–Crippen LogP) is 3.26. The molecule has 3 heteroatoms. The quantitative estimate of drug-likeness (QED) is 0.767. The summed E-state index contributed by atoms with van der Waals surface area (Å²) in [6.07, 6.45) is 0.941. The van der Waals surface area contributed by atoms with E-state index in [1.165, 1.54) is 5.56 Å². The number of aryl methyl sites for hydroxylation is 1. The van der Waals surface area contributed by atoms with Gasteiger partial charge in [-0.2, -0.15) is 5.26 Å². The third-order valence-electron chi connectivity index (χ3n) is 1.54. The Morgan fingerprint density at radius 1 is 1.42 bits per heavy atom. The minimum atomic E-state index is 0.717. The van der Waals surface area contributed by atoms with Gasteiger partial charge >= 0.3 is 0 Å². The highest BCUT2D eigenvalue weighted by molar-refractivity contribution is 9.10. The first kappa shape index (κ1) is 9.76. The van der Waals surface area contributed by atoms with E-state index in [0.29, 0.717) is 5.56 Å². The molecule has 1 aromatic rings. The lowest BCUT2D eigenvalue weighted by molar-refractivity contribution is 1.15. The van der Waals surface area contributed by atoms with Crippen LogP contribution < -0.4 is 0 Å². The normalized spacial score (nSPS) is 9.42. The van der Waals surface area contributed by atoms with Gasteiger partial charge in [-0.05, 0) is 30.2 Å². The number of nitrogens with zero attached hydrogens (tertiary/aromatic N) is 1. The molecule has 0 atom stereocenters. The van der Waals surface area contributed by atoms with Gasteiger partial charge in [0.15, 0.2) is 0 Å². The van der Waals surface area contributed by atoms with Gasteiger partial charge in [0.25, 0.3) is 0 Å². The number of nitriles is 1. The van der Waals surface area contributed by atoms with E-state index in [-0.39, 0.29) is 0 Å². The van der Waals surface area contributed by atoms with Gasteiger partial charge in [-0.1, -0.05) is 31.9 Å². The number of halogens is 2. The number of alkyl halides is 1. The molecule has 0 heterocycles. The summed E-state index contributed by atoms with van der Waals surface area (Å²) in [5.74, 6) is 0. The highest BCUT2D eigenvalue weighted by Gasteiger charge is 1.99. The van der Waals surface area contributed by atoms with Gasteiger partial charge in [0.05, 0.1) is 11.6 Å². The van der Waals surface area contributed by atoms with Gasteiger partial charge in [0.1, 0.15) is 0 Å². The van der Waals surface area contributed by atoms with Crippen LogP contribution in [0.4, 0.5) is 0 Å². The first-order chi connectivity index (χ1) is 5.77. The van der Waals surface area contributed by atoms with E-state index in [1.54, 1.807) is 0 Å². The minimum absolute atomic E-state index is 0.717.